The van der Waals surface area contributed by atoms with Crippen LogP contribution in [0.4, 0.5) is 4.79 Å². The summed E-state index contributed by atoms with van der Waals surface area (Å²) in [6.07, 6.45) is 1.52. The largest absolute Gasteiger partial charge is 0.494 e. The molecule has 3 amide bonds. The zero-order valence-electron chi connectivity index (χ0n) is 22.4. The number of alkyl carbamates (subject to hydrolysis) is 1. The van der Waals surface area contributed by atoms with Crippen LogP contribution in [-0.4, -0.2) is 53.9 Å². The lowest BCUT2D eigenvalue weighted by atomic mass is 9.90. The number of hydrogen-bond donors (Lipinski definition) is 4. The van der Waals surface area contributed by atoms with Crippen molar-refractivity contribution >= 4 is 17.9 Å². The summed E-state index contributed by atoms with van der Waals surface area (Å²) in [6, 6.07) is 15.3. The molecular weight excluding hydrogens is 486 g/mol. The second-order valence-corrected chi connectivity index (χ2v) is 10.3. The molecule has 0 unspecified atom stereocenters. The summed E-state index contributed by atoms with van der Waals surface area (Å²) >= 11 is 0. The van der Waals surface area contributed by atoms with Crippen molar-refractivity contribution in [2.24, 2.45) is 5.92 Å². The first kappa shape index (κ1) is 29.0. The molecule has 0 aliphatic carbocycles. The molecule has 0 aromatic heterocycles. The van der Waals surface area contributed by atoms with Crippen molar-refractivity contribution in [3.8, 4) is 5.75 Å². The first-order chi connectivity index (χ1) is 18.2. The van der Waals surface area contributed by atoms with Gasteiger partial charge in [0.25, 0.3) is 0 Å². The minimum Gasteiger partial charge on any atom is -0.494 e. The Kier molecular flexibility index (Phi) is 10.5. The van der Waals surface area contributed by atoms with Gasteiger partial charge in [0.2, 0.25) is 11.8 Å². The highest BCUT2D eigenvalue weighted by molar-refractivity contribution is 5.94. The third-order valence-electron chi connectivity index (χ3n) is 6.59. The van der Waals surface area contributed by atoms with Crippen molar-refractivity contribution in [3.63, 3.8) is 0 Å². The topological polar surface area (TPSA) is 126 Å². The third-order valence-corrected chi connectivity index (χ3v) is 6.59. The molecule has 38 heavy (non-hydrogen) atoms. The van der Waals surface area contributed by atoms with Crippen LogP contribution in [0, 0.1) is 5.92 Å². The van der Waals surface area contributed by atoms with E-state index in [1.807, 2.05) is 68.4 Å². The lowest BCUT2D eigenvalue weighted by Gasteiger charge is -2.32. The molecular formula is C29H39N3O6. The smallest absolute Gasteiger partial charge is 0.408 e. The lowest BCUT2D eigenvalue weighted by Crippen LogP contribution is -2.62. The van der Waals surface area contributed by atoms with Gasteiger partial charge >= 0.3 is 6.09 Å². The van der Waals surface area contributed by atoms with Crippen molar-refractivity contribution in [2.75, 3.05) is 13.2 Å². The molecule has 2 aromatic rings. The Labute approximate surface area is 224 Å². The van der Waals surface area contributed by atoms with Crippen molar-refractivity contribution in [1.82, 2.24) is 16.0 Å². The molecule has 0 saturated heterocycles. The van der Waals surface area contributed by atoms with E-state index in [-0.39, 0.29) is 31.5 Å². The van der Waals surface area contributed by atoms with E-state index >= 15 is 0 Å². The zero-order valence-corrected chi connectivity index (χ0v) is 22.4. The maximum Gasteiger partial charge on any atom is 0.408 e. The van der Waals surface area contributed by atoms with Gasteiger partial charge in [-0.2, -0.15) is 0 Å². The number of benzene rings is 2. The maximum absolute atomic E-state index is 13.7. The second-order valence-electron chi connectivity index (χ2n) is 10.3. The van der Waals surface area contributed by atoms with Gasteiger partial charge in [0.1, 0.15) is 23.9 Å². The van der Waals surface area contributed by atoms with Gasteiger partial charge < -0.3 is 30.5 Å². The number of aliphatic hydroxyl groups excluding tert-OH is 1. The SMILES string of the molecule is CC(C)[C@@H]1NC(=O)[C@@](C)(NC(=O)OCc2ccccc2)Cc2ccc(cc2)OCCCC[C@@H](CO)NC1=O. The standard InChI is InChI=1S/C29H39N3O6/c1-20(2)25-26(34)30-23(18-33)11-7-8-16-37-24-14-12-21(13-15-24)17-29(3,27(35)31-25)32-28(36)38-19-22-9-5-4-6-10-22/h4-6,9-10,12-15,20,23,25,33H,7-8,11,16-19H2,1-3H3,(H,30,34)(H,31,35)(H,32,36)/t23-,25-,29-/m0/s1. The Balaban J connectivity index is 1.85. The van der Waals surface area contributed by atoms with Gasteiger partial charge in [-0.25, -0.2) is 4.79 Å². The fraction of sp³-hybridized carbons (Fsp3) is 0.483. The summed E-state index contributed by atoms with van der Waals surface area (Å²) < 4.78 is 11.2. The quantitative estimate of drug-likeness (QED) is 0.475. The van der Waals surface area contributed by atoms with E-state index in [1.165, 1.54) is 0 Å². The Morgan fingerprint density at radius 2 is 1.82 bits per heavy atom. The first-order valence-electron chi connectivity index (χ1n) is 13.1. The van der Waals surface area contributed by atoms with Crippen LogP contribution >= 0.6 is 0 Å². The number of carbonyl (C=O) groups is 3. The summed E-state index contributed by atoms with van der Waals surface area (Å²) in [5, 5.41) is 18.2. The summed E-state index contributed by atoms with van der Waals surface area (Å²) in [7, 11) is 0. The van der Waals surface area contributed by atoms with Crippen molar-refractivity contribution < 1.29 is 29.0 Å². The minimum atomic E-state index is -1.42. The molecule has 0 spiro atoms. The number of fused-ring (bicyclic) bond motifs is 14. The molecule has 4 rings (SSSR count). The summed E-state index contributed by atoms with van der Waals surface area (Å²) in [4.78, 5) is 39.6. The number of aliphatic hydroxyl groups is 1. The van der Waals surface area contributed by atoms with E-state index < -0.39 is 29.6 Å². The van der Waals surface area contributed by atoms with Crippen LogP contribution in [0.25, 0.3) is 0 Å². The number of ether oxygens (including phenoxy) is 2. The lowest BCUT2D eigenvalue weighted by molar-refractivity contribution is -0.133. The maximum atomic E-state index is 13.7. The molecule has 9 nitrogen and oxygen atoms in total. The highest BCUT2D eigenvalue weighted by Crippen LogP contribution is 2.20. The summed E-state index contributed by atoms with van der Waals surface area (Å²) in [6.45, 7) is 5.62. The molecule has 9 heteroatoms. The molecule has 206 valence electrons. The van der Waals surface area contributed by atoms with E-state index in [1.54, 1.807) is 6.92 Å². The van der Waals surface area contributed by atoms with E-state index in [9.17, 15) is 19.5 Å². The molecule has 2 aliphatic heterocycles. The first-order valence-corrected chi connectivity index (χ1v) is 13.1. The van der Waals surface area contributed by atoms with E-state index in [0.717, 1.165) is 24.0 Å². The number of nitrogens with one attached hydrogen (secondary N) is 3. The van der Waals surface area contributed by atoms with Gasteiger partial charge in [-0.1, -0.05) is 56.3 Å². The van der Waals surface area contributed by atoms with Crippen LogP contribution in [0.3, 0.4) is 0 Å². The van der Waals surface area contributed by atoms with Crippen LogP contribution in [0.2, 0.25) is 0 Å². The fourth-order valence-corrected chi connectivity index (χ4v) is 4.30. The van der Waals surface area contributed by atoms with E-state index in [4.69, 9.17) is 9.47 Å². The van der Waals surface area contributed by atoms with Gasteiger partial charge in [-0.05, 0) is 55.4 Å². The van der Waals surface area contributed by atoms with Gasteiger partial charge in [0.05, 0.1) is 19.3 Å². The number of hydrogen-bond acceptors (Lipinski definition) is 6. The number of amides is 3. The molecule has 0 saturated carbocycles. The molecule has 2 aromatic carbocycles. The predicted octanol–water partition coefficient (Wildman–Crippen LogP) is 3.09. The van der Waals surface area contributed by atoms with Crippen LogP contribution in [0.5, 0.6) is 5.75 Å². The number of carbonyl (C=O) groups excluding carboxylic acids is 3. The van der Waals surface area contributed by atoms with Gasteiger partial charge in [0.15, 0.2) is 0 Å². The Morgan fingerprint density at radius 3 is 2.47 bits per heavy atom. The van der Waals surface area contributed by atoms with E-state index in [2.05, 4.69) is 16.0 Å². The van der Waals surface area contributed by atoms with E-state index in [0.29, 0.717) is 18.8 Å². The highest BCUT2D eigenvalue weighted by Gasteiger charge is 2.39. The van der Waals surface area contributed by atoms with Crippen molar-refractivity contribution in [1.29, 1.82) is 0 Å². The van der Waals surface area contributed by atoms with Gasteiger partial charge in [-0.15, -0.1) is 0 Å². The Morgan fingerprint density at radius 1 is 1.11 bits per heavy atom. The third kappa shape index (κ3) is 8.48. The zero-order chi connectivity index (χ0) is 27.5. The molecule has 0 radical (unpaired) electrons. The van der Waals surface area contributed by atoms with Gasteiger partial charge in [-0.3, -0.25) is 9.59 Å². The average Bonchev–Trinajstić information content (AvgIpc) is 2.90. The normalized spacial score (nSPS) is 23.1. The van der Waals surface area contributed by atoms with Crippen LogP contribution in [0.1, 0.15) is 51.2 Å². The van der Waals surface area contributed by atoms with Crippen LogP contribution < -0.4 is 20.7 Å². The summed E-state index contributed by atoms with van der Waals surface area (Å²) in [5.74, 6) is -0.437. The molecule has 0 fully saturated rings. The molecule has 2 heterocycles. The fourth-order valence-electron chi connectivity index (χ4n) is 4.30. The van der Waals surface area contributed by atoms with Gasteiger partial charge in [0, 0.05) is 6.42 Å². The molecule has 3 atom stereocenters. The highest BCUT2D eigenvalue weighted by atomic mass is 16.5. The average molecular weight is 526 g/mol. The molecule has 2 bridgehead atoms. The van der Waals surface area contributed by atoms with Crippen molar-refractivity contribution in [3.05, 3.63) is 65.7 Å². The Bertz CT molecular complexity index is 1060. The molecule has 2 aliphatic rings. The monoisotopic (exact) mass is 525 g/mol. The second kappa shape index (κ2) is 13.8. The number of rotatable bonds is 5. The Hall–Kier alpha value is -3.59. The van der Waals surface area contributed by atoms with Crippen LogP contribution in [-0.2, 0) is 27.4 Å². The van der Waals surface area contributed by atoms with Crippen molar-refractivity contribution in [2.45, 2.75) is 70.7 Å². The predicted molar refractivity (Wildman–Crippen MR) is 143 cm³/mol. The van der Waals surface area contributed by atoms with Crippen LogP contribution in [0.15, 0.2) is 54.6 Å². The minimum absolute atomic E-state index is 0.0516. The summed E-state index contributed by atoms with van der Waals surface area (Å²) in [5.41, 5.74) is 0.193. The molecule has 4 N–H and O–H groups in total.